The molecule has 0 aromatic rings. The summed E-state index contributed by atoms with van der Waals surface area (Å²) in [5.41, 5.74) is 0.326. The number of aliphatic hydroxyl groups is 1. The first kappa shape index (κ1) is 21.4. The quantitative estimate of drug-likeness (QED) is 0.411. The lowest BCUT2D eigenvalue weighted by molar-refractivity contribution is -0.143. The highest BCUT2D eigenvalue weighted by Gasteiger charge is 2.57. The lowest BCUT2D eigenvalue weighted by atomic mass is 9.44. The number of nitrogens with one attached hydrogen (secondary N) is 1. The smallest absolute Gasteiger partial charge is 0.303 e. The standard InChI is InChI=1S/C23H37NO4/c1-23(2)16-13-18(23)17(11-5-3-4-6-12-20(25)26)19(14-16)24-22(28)21(27)15-9-7-8-10-15/h3,5,15-19,21,27H,4,6-14H2,1-2H3,(H,24,28)(H,25,26)/b5-3-/t16-,17+,18+,19+,21-/m0/s1. The number of aliphatic carboxylic acids is 1. The van der Waals surface area contributed by atoms with Crippen molar-refractivity contribution in [1.29, 1.82) is 0 Å². The second-order valence-electron chi connectivity index (χ2n) is 9.86. The molecular weight excluding hydrogens is 354 g/mol. The molecule has 5 nitrogen and oxygen atoms in total. The number of aliphatic hydroxyl groups excluding tert-OH is 1. The molecule has 0 aromatic carbocycles. The third-order valence-corrected chi connectivity index (χ3v) is 7.90. The van der Waals surface area contributed by atoms with Crippen LogP contribution >= 0.6 is 0 Å². The monoisotopic (exact) mass is 391 g/mol. The number of rotatable bonds is 9. The summed E-state index contributed by atoms with van der Waals surface area (Å²) in [5.74, 6) is 0.863. The van der Waals surface area contributed by atoms with Crippen LogP contribution in [0.1, 0.15) is 78.1 Å². The maximum absolute atomic E-state index is 12.7. The Morgan fingerprint density at radius 1 is 1.18 bits per heavy atom. The SMILES string of the molecule is CC1(C)[C@H]2C[C@@H]1[C@@H](C/C=C\CCCC(=O)O)[C@H](NC(=O)[C@@H](O)C1CCCC1)C2. The molecular formula is C23H37NO4. The van der Waals surface area contributed by atoms with E-state index < -0.39 is 12.1 Å². The molecule has 0 saturated heterocycles. The van der Waals surface area contributed by atoms with E-state index in [1.165, 1.54) is 6.42 Å². The van der Waals surface area contributed by atoms with E-state index in [4.69, 9.17) is 5.11 Å². The van der Waals surface area contributed by atoms with Crippen LogP contribution in [-0.2, 0) is 9.59 Å². The number of amides is 1. The van der Waals surface area contributed by atoms with Gasteiger partial charge in [0.25, 0.3) is 0 Å². The third kappa shape index (κ3) is 4.61. The normalized spacial score (nSPS) is 32.8. The molecule has 28 heavy (non-hydrogen) atoms. The lowest BCUT2D eigenvalue weighted by Gasteiger charge is -2.62. The molecule has 4 rings (SSSR count). The van der Waals surface area contributed by atoms with Gasteiger partial charge in [0, 0.05) is 12.5 Å². The van der Waals surface area contributed by atoms with Gasteiger partial charge in [0.1, 0.15) is 6.10 Å². The van der Waals surface area contributed by atoms with Gasteiger partial charge in [-0.25, -0.2) is 0 Å². The van der Waals surface area contributed by atoms with Gasteiger partial charge in [-0.1, -0.05) is 38.8 Å². The highest BCUT2D eigenvalue weighted by molar-refractivity contribution is 5.81. The van der Waals surface area contributed by atoms with E-state index in [1.807, 2.05) is 0 Å². The average molecular weight is 392 g/mol. The molecule has 4 fully saturated rings. The number of unbranched alkanes of at least 4 members (excludes halogenated alkanes) is 1. The number of allylic oxidation sites excluding steroid dienone is 2. The molecule has 4 aliphatic carbocycles. The molecule has 0 aromatic heterocycles. The molecule has 4 saturated carbocycles. The summed E-state index contributed by atoms with van der Waals surface area (Å²) in [5, 5.41) is 22.4. The number of carboxylic acids is 1. The molecule has 0 aliphatic heterocycles. The first-order valence-electron chi connectivity index (χ1n) is 11.2. The van der Waals surface area contributed by atoms with Crippen LogP contribution < -0.4 is 5.32 Å². The summed E-state index contributed by atoms with van der Waals surface area (Å²) in [6.07, 6.45) is 12.4. The van der Waals surface area contributed by atoms with Crippen LogP contribution in [0.25, 0.3) is 0 Å². The molecule has 0 spiro atoms. The summed E-state index contributed by atoms with van der Waals surface area (Å²) in [4.78, 5) is 23.3. The molecule has 0 radical (unpaired) electrons. The Morgan fingerprint density at radius 2 is 1.89 bits per heavy atom. The van der Waals surface area contributed by atoms with Gasteiger partial charge in [-0.2, -0.15) is 0 Å². The Bertz CT molecular complexity index is 593. The van der Waals surface area contributed by atoms with Crippen molar-refractivity contribution in [1.82, 2.24) is 5.32 Å². The fraction of sp³-hybridized carbons (Fsp3) is 0.826. The predicted molar refractivity (Wildman–Crippen MR) is 109 cm³/mol. The zero-order valence-electron chi connectivity index (χ0n) is 17.4. The van der Waals surface area contributed by atoms with Crippen molar-refractivity contribution in [2.75, 3.05) is 0 Å². The molecule has 158 valence electrons. The van der Waals surface area contributed by atoms with Crippen LogP contribution in [0.2, 0.25) is 0 Å². The topological polar surface area (TPSA) is 86.6 Å². The highest BCUT2D eigenvalue weighted by atomic mass is 16.4. The Morgan fingerprint density at radius 3 is 2.54 bits per heavy atom. The van der Waals surface area contributed by atoms with Crippen LogP contribution in [0.3, 0.4) is 0 Å². The van der Waals surface area contributed by atoms with E-state index in [-0.39, 0.29) is 24.3 Å². The molecule has 5 heteroatoms. The first-order valence-corrected chi connectivity index (χ1v) is 11.2. The van der Waals surface area contributed by atoms with Crippen molar-refractivity contribution < 1.29 is 19.8 Å². The summed E-state index contributed by atoms with van der Waals surface area (Å²) in [6.45, 7) is 4.70. The van der Waals surface area contributed by atoms with E-state index in [0.29, 0.717) is 29.6 Å². The van der Waals surface area contributed by atoms with Crippen LogP contribution in [0.5, 0.6) is 0 Å². The minimum absolute atomic E-state index is 0.127. The molecule has 5 atom stereocenters. The molecule has 4 aliphatic rings. The fourth-order valence-corrected chi connectivity index (χ4v) is 5.94. The van der Waals surface area contributed by atoms with Gasteiger partial charge in [0.2, 0.25) is 5.91 Å². The molecule has 0 unspecified atom stereocenters. The number of hydrogen-bond acceptors (Lipinski definition) is 3. The van der Waals surface area contributed by atoms with Gasteiger partial charge in [-0.05, 0) is 74.0 Å². The van der Waals surface area contributed by atoms with E-state index in [1.54, 1.807) is 0 Å². The maximum Gasteiger partial charge on any atom is 0.303 e. The second kappa shape index (κ2) is 8.98. The predicted octanol–water partition coefficient (Wildman–Crippen LogP) is 3.91. The largest absolute Gasteiger partial charge is 0.481 e. The average Bonchev–Trinajstić information content (AvgIpc) is 3.18. The van der Waals surface area contributed by atoms with E-state index in [2.05, 4.69) is 31.3 Å². The van der Waals surface area contributed by atoms with Crippen LogP contribution in [-0.4, -0.2) is 34.2 Å². The van der Waals surface area contributed by atoms with Gasteiger partial charge in [-0.3, -0.25) is 9.59 Å². The molecule has 2 bridgehead atoms. The van der Waals surface area contributed by atoms with Crippen molar-refractivity contribution in [3.63, 3.8) is 0 Å². The van der Waals surface area contributed by atoms with E-state index in [9.17, 15) is 14.7 Å². The van der Waals surface area contributed by atoms with E-state index in [0.717, 1.165) is 44.9 Å². The van der Waals surface area contributed by atoms with Gasteiger partial charge >= 0.3 is 5.97 Å². The zero-order valence-corrected chi connectivity index (χ0v) is 17.4. The van der Waals surface area contributed by atoms with Crippen molar-refractivity contribution >= 4 is 11.9 Å². The summed E-state index contributed by atoms with van der Waals surface area (Å²) in [7, 11) is 0. The Kier molecular flexibility index (Phi) is 6.85. The highest BCUT2D eigenvalue weighted by Crippen LogP contribution is 2.62. The Labute approximate surface area is 169 Å². The second-order valence-corrected chi connectivity index (χ2v) is 9.86. The summed E-state index contributed by atoms with van der Waals surface area (Å²) >= 11 is 0. The van der Waals surface area contributed by atoms with Gasteiger partial charge in [-0.15, -0.1) is 0 Å². The van der Waals surface area contributed by atoms with Gasteiger partial charge in [0.15, 0.2) is 0 Å². The zero-order chi connectivity index (χ0) is 20.3. The molecule has 1 amide bonds. The Hall–Kier alpha value is -1.36. The number of carbonyl (C=O) groups is 2. The minimum Gasteiger partial charge on any atom is -0.481 e. The summed E-state index contributed by atoms with van der Waals surface area (Å²) in [6, 6.07) is 0.143. The molecule has 0 heterocycles. The third-order valence-electron chi connectivity index (χ3n) is 7.90. The van der Waals surface area contributed by atoms with E-state index >= 15 is 0 Å². The number of carbonyl (C=O) groups excluding carboxylic acids is 1. The van der Waals surface area contributed by atoms with Crippen molar-refractivity contribution in [2.24, 2.45) is 29.1 Å². The number of fused-ring (bicyclic) bond motifs is 2. The summed E-state index contributed by atoms with van der Waals surface area (Å²) < 4.78 is 0. The van der Waals surface area contributed by atoms with Crippen molar-refractivity contribution in [3.8, 4) is 0 Å². The van der Waals surface area contributed by atoms with Gasteiger partial charge < -0.3 is 15.5 Å². The molecule has 3 N–H and O–H groups in total. The number of carboxylic acid groups (broad SMARTS) is 1. The van der Waals surface area contributed by atoms with Crippen molar-refractivity contribution in [2.45, 2.75) is 90.2 Å². The van der Waals surface area contributed by atoms with Crippen LogP contribution in [0.15, 0.2) is 12.2 Å². The van der Waals surface area contributed by atoms with Crippen molar-refractivity contribution in [3.05, 3.63) is 12.2 Å². The Balaban J connectivity index is 1.56. The fourth-order valence-electron chi connectivity index (χ4n) is 5.94. The van der Waals surface area contributed by atoms with Crippen LogP contribution in [0.4, 0.5) is 0 Å². The maximum atomic E-state index is 12.7. The van der Waals surface area contributed by atoms with Crippen LogP contribution in [0, 0.1) is 29.1 Å². The number of hydrogen-bond donors (Lipinski definition) is 3. The van der Waals surface area contributed by atoms with Gasteiger partial charge in [0.05, 0.1) is 0 Å². The minimum atomic E-state index is -0.860. The lowest BCUT2D eigenvalue weighted by Crippen LogP contribution is -2.62. The first-order chi connectivity index (χ1) is 13.3.